The van der Waals surface area contributed by atoms with Crippen molar-refractivity contribution in [3.8, 4) is 0 Å². The van der Waals surface area contributed by atoms with Gasteiger partial charge in [0.15, 0.2) is 0 Å². The first-order valence-corrected chi connectivity index (χ1v) is 12.0. The normalized spacial score (nSPS) is 21.7. The number of piperidine rings is 1. The van der Waals surface area contributed by atoms with Gasteiger partial charge in [0, 0.05) is 55.8 Å². The molecule has 2 amide bonds. The molecule has 34 heavy (non-hydrogen) atoms. The highest BCUT2D eigenvalue weighted by Crippen LogP contribution is 2.36. The van der Waals surface area contributed by atoms with E-state index in [0.29, 0.717) is 38.2 Å². The third kappa shape index (κ3) is 3.54. The van der Waals surface area contributed by atoms with Crippen molar-refractivity contribution in [2.45, 2.75) is 37.9 Å². The molecule has 0 N–H and O–H groups in total. The van der Waals surface area contributed by atoms with Gasteiger partial charge in [0.25, 0.3) is 11.5 Å². The second-order valence-corrected chi connectivity index (χ2v) is 9.74. The molecule has 6 heteroatoms. The monoisotopic (exact) mass is 453 g/mol. The van der Waals surface area contributed by atoms with Crippen LogP contribution in [0.5, 0.6) is 0 Å². The molecule has 6 nitrogen and oxygen atoms in total. The molecule has 2 aromatic carbocycles. The van der Waals surface area contributed by atoms with Crippen LogP contribution in [0.2, 0.25) is 0 Å². The zero-order valence-corrected chi connectivity index (χ0v) is 19.0. The molecule has 3 aromatic rings. The third-order valence-corrected chi connectivity index (χ3v) is 7.57. The number of pyridine rings is 1. The maximum absolute atomic E-state index is 14.1. The molecule has 0 spiro atoms. The molecule has 3 atom stereocenters. The predicted molar refractivity (Wildman–Crippen MR) is 128 cm³/mol. The molecular weight excluding hydrogens is 426 g/mol. The molecule has 0 saturated carbocycles. The second-order valence-electron chi connectivity index (χ2n) is 9.74. The van der Waals surface area contributed by atoms with E-state index in [1.165, 1.54) is 0 Å². The van der Waals surface area contributed by atoms with Crippen LogP contribution in [0.4, 0.5) is 0 Å². The van der Waals surface area contributed by atoms with Gasteiger partial charge in [0.1, 0.15) is 6.04 Å². The first kappa shape index (κ1) is 20.9. The predicted octanol–water partition coefficient (Wildman–Crippen LogP) is 3.06. The summed E-state index contributed by atoms with van der Waals surface area (Å²) in [5, 5.41) is 0. The van der Waals surface area contributed by atoms with E-state index in [4.69, 9.17) is 0 Å². The van der Waals surface area contributed by atoms with E-state index in [9.17, 15) is 14.4 Å². The van der Waals surface area contributed by atoms with Crippen LogP contribution in [0.15, 0.2) is 77.6 Å². The highest BCUT2D eigenvalue weighted by molar-refractivity contribution is 6.01. The van der Waals surface area contributed by atoms with Crippen LogP contribution in [0.3, 0.4) is 0 Å². The summed E-state index contributed by atoms with van der Waals surface area (Å²) in [7, 11) is 0. The number of likely N-dealkylation sites (tertiary alicyclic amines) is 1. The van der Waals surface area contributed by atoms with E-state index in [-0.39, 0.29) is 29.2 Å². The summed E-state index contributed by atoms with van der Waals surface area (Å²) < 4.78 is 1.88. The molecule has 4 heterocycles. The van der Waals surface area contributed by atoms with E-state index in [1.54, 1.807) is 11.0 Å². The van der Waals surface area contributed by atoms with Crippen molar-refractivity contribution in [2.24, 2.45) is 5.92 Å². The number of nitrogens with zero attached hydrogens (tertiary/aromatic N) is 3. The van der Waals surface area contributed by atoms with Gasteiger partial charge in [-0.05, 0) is 35.6 Å². The molecular formula is C28H27N3O3. The van der Waals surface area contributed by atoms with Crippen molar-refractivity contribution in [1.82, 2.24) is 14.4 Å². The van der Waals surface area contributed by atoms with Gasteiger partial charge in [-0.25, -0.2) is 0 Å². The highest BCUT2D eigenvalue weighted by Gasteiger charge is 2.42. The Labute approximate surface area is 198 Å². The number of rotatable bonds is 4. The maximum atomic E-state index is 14.1. The van der Waals surface area contributed by atoms with E-state index in [2.05, 4.69) is 0 Å². The molecule has 0 aliphatic carbocycles. The minimum atomic E-state index is -0.556. The topological polar surface area (TPSA) is 62.6 Å². The smallest absolute Gasteiger partial charge is 0.255 e. The van der Waals surface area contributed by atoms with Gasteiger partial charge in [-0.1, -0.05) is 54.6 Å². The number of fused-ring (bicyclic) bond motifs is 5. The summed E-state index contributed by atoms with van der Waals surface area (Å²) in [5.41, 5.74) is 3.76. The van der Waals surface area contributed by atoms with Crippen molar-refractivity contribution in [3.63, 3.8) is 0 Å². The Morgan fingerprint density at radius 2 is 1.68 bits per heavy atom. The lowest BCUT2D eigenvalue weighted by Crippen LogP contribution is -2.55. The average Bonchev–Trinajstić information content (AvgIpc) is 3.19. The lowest BCUT2D eigenvalue weighted by atomic mass is 9.82. The maximum Gasteiger partial charge on any atom is 0.255 e. The van der Waals surface area contributed by atoms with Crippen LogP contribution in [0.1, 0.15) is 39.5 Å². The number of amides is 2. The van der Waals surface area contributed by atoms with Gasteiger partial charge < -0.3 is 14.4 Å². The molecule has 172 valence electrons. The summed E-state index contributed by atoms with van der Waals surface area (Å²) in [4.78, 5) is 43.5. The number of hydrogen-bond donors (Lipinski definition) is 0. The van der Waals surface area contributed by atoms with Crippen molar-refractivity contribution in [1.29, 1.82) is 0 Å². The quantitative estimate of drug-likeness (QED) is 0.610. The molecule has 1 aromatic heterocycles. The number of carbonyl (C=O) groups excluding carboxylic acids is 2. The lowest BCUT2D eigenvalue weighted by Gasteiger charge is -2.44. The van der Waals surface area contributed by atoms with Gasteiger partial charge >= 0.3 is 0 Å². The minimum absolute atomic E-state index is 0.00596. The summed E-state index contributed by atoms with van der Waals surface area (Å²) in [5.74, 6) is 0.332. The Morgan fingerprint density at radius 1 is 0.882 bits per heavy atom. The van der Waals surface area contributed by atoms with Crippen LogP contribution in [-0.2, 0) is 24.3 Å². The van der Waals surface area contributed by atoms with Crippen molar-refractivity contribution >= 4 is 11.8 Å². The van der Waals surface area contributed by atoms with Gasteiger partial charge in [-0.3, -0.25) is 14.4 Å². The summed E-state index contributed by atoms with van der Waals surface area (Å²) in [6.07, 6.45) is 1.48. The Hall–Kier alpha value is -3.67. The number of hydrogen-bond acceptors (Lipinski definition) is 3. The van der Waals surface area contributed by atoms with E-state index in [1.807, 2.05) is 76.2 Å². The van der Waals surface area contributed by atoms with Crippen LogP contribution >= 0.6 is 0 Å². The van der Waals surface area contributed by atoms with Crippen LogP contribution < -0.4 is 5.56 Å². The summed E-state index contributed by atoms with van der Waals surface area (Å²) in [6, 6.07) is 22.4. The average molecular weight is 454 g/mol. The zero-order valence-electron chi connectivity index (χ0n) is 19.0. The number of carbonyl (C=O) groups is 2. The highest BCUT2D eigenvalue weighted by atomic mass is 16.2. The number of aromatic nitrogens is 1. The van der Waals surface area contributed by atoms with E-state index >= 15 is 0 Å². The Balaban J connectivity index is 1.31. The minimum Gasteiger partial charge on any atom is -0.340 e. The second kappa shape index (κ2) is 8.28. The Morgan fingerprint density at radius 3 is 2.50 bits per heavy atom. The molecule has 3 aliphatic heterocycles. The summed E-state index contributed by atoms with van der Waals surface area (Å²) >= 11 is 0. The van der Waals surface area contributed by atoms with E-state index < -0.39 is 6.04 Å². The molecule has 3 aliphatic rings. The largest absolute Gasteiger partial charge is 0.340 e. The van der Waals surface area contributed by atoms with Gasteiger partial charge in [-0.15, -0.1) is 0 Å². The fraction of sp³-hybridized carbons (Fsp3) is 0.321. The molecule has 6 rings (SSSR count). The lowest BCUT2D eigenvalue weighted by molar-refractivity contribution is -0.139. The molecule has 1 fully saturated rings. The molecule has 1 saturated heterocycles. The van der Waals surface area contributed by atoms with Crippen molar-refractivity contribution < 1.29 is 9.59 Å². The van der Waals surface area contributed by atoms with Crippen molar-refractivity contribution in [3.05, 3.63) is 106 Å². The van der Waals surface area contributed by atoms with Crippen molar-refractivity contribution in [2.75, 3.05) is 13.1 Å². The molecule has 0 radical (unpaired) electrons. The molecule has 2 bridgehead atoms. The fourth-order valence-electron chi connectivity index (χ4n) is 5.98. The molecule has 3 unspecified atom stereocenters. The Kier molecular flexibility index (Phi) is 5.09. The van der Waals surface area contributed by atoms with Crippen LogP contribution in [0.25, 0.3) is 0 Å². The standard InChI is InChI=1S/C28H27N3O3/c32-26-12-6-11-24-22-13-20(16-30(24)26)15-29(17-22)28(34)25(14-19-7-2-1-3-8-19)31-18-21-9-4-5-10-23(21)27(31)33/h1-12,20,22,25H,13-18H2. The summed E-state index contributed by atoms with van der Waals surface area (Å²) in [6.45, 7) is 2.30. The fourth-order valence-corrected chi connectivity index (χ4v) is 5.98. The van der Waals surface area contributed by atoms with E-state index in [0.717, 1.165) is 23.2 Å². The van der Waals surface area contributed by atoms with Crippen LogP contribution in [0, 0.1) is 5.92 Å². The van der Waals surface area contributed by atoms with Crippen LogP contribution in [-0.4, -0.2) is 45.3 Å². The Bertz CT molecular complexity index is 1320. The third-order valence-electron chi connectivity index (χ3n) is 7.57. The van der Waals surface area contributed by atoms with Gasteiger partial charge in [0.2, 0.25) is 5.91 Å². The first-order chi connectivity index (χ1) is 16.6. The van der Waals surface area contributed by atoms with Gasteiger partial charge in [-0.2, -0.15) is 0 Å². The first-order valence-electron chi connectivity index (χ1n) is 12.0. The van der Waals surface area contributed by atoms with Gasteiger partial charge in [0.05, 0.1) is 0 Å². The zero-order chi connectivity index (χ0) is 23.2. The number of benzene rings is 2. The SMILES string of the molecule is O=C(C(Cc1ccccc1)N1Cc2ccccc2C1=O)N1CC2CC(C1)c1cccc(=O)n1C2.